The van der Waals surface area contributed by atoms with Crippen LogP contribution >= 0.6 is 0 Å². The lowest BCUT2D eigenvalue weighted by Crippen LogP contribution is -1.96. The van der Waals surface area contributed by atoms with Gasteiger partial charge in [0.05, 0.1) is 5.69 Å². The van der Waals surface area contributed by atoms with E-state index in [1.165, 1.54) is 0 Å². The summed E-state index contributed by atoms with van der Waals surface area (Å²) in [6.07, 6.45) is 1.86. The fourth-order valence-electron chi connectivity index (χ4n) is 2.31. The van der Waals surface area contributed by atoms with Crippen LogP contribution in [0.1, 0.15) is 17.1 Å². The van der Waals surface area contributed by atoms with Crippen molar-refractivity contribution in [1.82, 2.24) is 20.2 Å². The van der Waals surface area contributed by atoms with Gasteiger partial charge in [-0.2, -0.15) is 5.10 Å². The first-order valence-electron chi connectivity index (χ1n) is 6.58. The minimum atomic E-state index is 0.769. The number of hydrogen-bond donors (Lipinski definition) is 1. The Labute approximate surface area is 117 Å². The van der Waals surface area contributed by atoms with Crippen LogP contribution in [-0.4, -0.2) is 20.2 Å². The van der Waals surface area contributed by atoms with Crippen molar-refractivity contribution in [3.63, 3.8) is 0 Å². The smallest absolute Gasteiger partial charge is 0.125 e. The molecule has 0 unspecified atom stereocenters. The molecule has 0 radical (unpaired) electrons. The molecule has 0 amide bonds. The van der Waals surface area contributed by atoms with Gasteiger partial charge in [0, 0.05) is 23.0 Å². The Kier molecular flexibility index (Phi) is 3.06. The highest BCUT2D eigenvalue weighted by Crippen LogP contribution is 2.33. The minimum Gasteiger partial charge on any atom is -0.282 e. The maximum absolute atomic E-state index is 4.59. The minimum absolute atomic E-state index is 0.769. The molecule has 0 aliphatic carbocycles. The average Bonchev–Trinajstić information content (AvgIpc) is 2.84. The third-order valence-electron chi connectivity index (χ3n) is 3.32. The van der Waals surface area contributed by atoms with E-state index in [0.717, 1.165) is 39.6 Å². The number of aromatic amines is 1. The average molecular weight is 264 g/mol. The molecule has 0 aliphatic rings. The van der Waals surface area contributed by atoms with Crippen molar-refractivity contribution in [2.45, 2.75) is 20.8 Å². The standard InChI is InChI=1S/C16H16N4/c1-10-9-17-12(3)18-15(10)14-11(2)19-20-16(14)13-7-5-4-6-8-13/h4-9H,1-3H3,(H,19,20). The van der Waals surface area contributed by atoms with Gasteiger partial charge >= 0.3 is 0 Å². The molecule has 1 aromatic carbocycles. The molecule has 0 bridgehead atoms. The summed E-state index contributed by atoms with van der Waals surface area (Å²) in [5, 5.41) is 7.52. The van der Waals surface area contributed by atoms with Gasteiger partial charge in [-0.05, 0) is 26.3 Å². The summed E-state index contributed by atoms with van der Waals surface area (Å²) in [7, 11) is 0. The van der Waals surface area contributed by atoms with Crippen molar-refractivity contribution < 1.29 is 0 Å². The normalized spacial score (nSPS) is 10.8. The molecule has 3 aromatic rings. The molecular weight excluding hydrogens is 248 g/mol. The van der Waals surface area contributed by atoms with E-state index in [1.54, 1.807) is 0 Å². The topological polar surface area (TPSA) is 54.5 Å². The highest BCUT2D eigenvalue weighted by Gasteiger charge is 2.17. The molecule has 20 heavy (non-hydrogen) atoms. The highest BCUT2D eigenvalue weighted by atomic mass is 15.1. The van der Waals surface area contributed by atoms with Crippen LogP contribution in [0, 0.1) is 20.8 Å². The largest absolute Gasteiger partial charge is 0.282 e. The molecule has 1 N–H and O–H groups in total. The van der Waals surface area contributed by atoms with E-state index in [4.69, 9.17) is 0 Å². The van der Waals surface area contributed by atoms with Crippen LogP contribution in [0.3, 0.4) is 0 Å². The van der Waals surface area contributed by atoms with Gasteiger partial charge in [-0.3, -0.25) is 5.10 Å². The van der Waals surface area contributed by atoms with Gasteiger partial charge in [-0.15, -0.1) is 0 Å². The Morgan fingerprint density at radius 2 is 1.70 bits per heavy atom. The molecule has 0 atom stereocenters. The second-order valence-corrected chi connectivity index (χ2v) is 4.89. The molecule has 2 heterocycles. The van der Waals surface area contributed by atoms with Gasteiger partial charge in [-0.1, -0.05) is 30.3 Å². The fraction of sp³-hybridized carbons (Fsp3) is 0.188. The first-order chi connectivity index (χ1) is 9.66. The molecule has 0 spiro atoms. The van der Waals surface area contributed by atoms with E-state index in [0.29, 0.717) is 0 Å². The number of H-pyrrole nitrogens is 1. The Morgan fingerprint density at radius 1 is 0.950 bits per heavy atom. The van der Waals surface area contributed by atoms with Crippen molar-refractivity contribution in [2.75, 3.05) is 0 Å². The summed E-state index contributed by atoms with van der Waals surface area (Å²) in [4.78, 5) is 8.83. The van der Waals surface area contributed by atoms with Gasteiger partial charge in [-0.25, -0.2) is 9.97 Å². The number of nitrogens with one attached hydrogen (secondary N) is 1. The predicted molar refractivity (Wildman–Crippen MR) is 79.3 cm³/mol. The van der Waals surface area contributed by atoms with E-state index < -0.39 is 0 Å². The number of hydrogen-bond acceptors (Lipinski definition) is 3. The van der Waals surface area contributed by atoms with Gasteiger partial charge in [0.1, 0.15) is 11.5 Å². The van der Waals surface area contributed by atoms with Crippen molar-refractivity contribution in [2.24, 2.45) is 0 Å². The first kappa shape index (κ1) is 12.5. The molecule has 4 nitrogen and oxygen atoms in total. The summed E-state index contributed by atoms with van der Waals surface area (Å²) in [5.41, 5.74) is 6.09. The monoisotopic (exact) mass is 264 g/mol. The van der Waals surface area contributed by atoms with Crippen LogP contribution in [0.15, 0.2) is 36.5 Å². The molecule has 3 rings (SSSR count). The van der Waals surface area contributed by atoms with Gasteiger partial charge in [0.2, 0.25) is 0 Å². The summed E-state index contributed by atoms with van der Waals surface area (Å²) in [5.74, 6) is 0.769. The first-order valence-corrected chi connectivity index (χ1v) is 6.58. The van der Waals surface area contributed by atoms with Gasteiger partial charge in [0.25, 0.3) is 0 Å². The van der Waals surface area contributed by atoms with Crippen molar-refractivity contribution in [3.8, 4) is 22.5 Å². The predicted octanol–water partition coefficient (Wildman–Crippen LogP) is 3.46. The number of rotatable bonds is 2. The lowest BCUT2D eigenvalue weighted by Gasteiger charge is -2.07. The number of benzene rings is 1. The lowest BCUT2D eigenvalue weighted by atomic mass is 10.0. The number of aryl methyl sites for hydroxylation is 3. The number of nitrogens with zero attached hydrogens (tertiary/aromatic N) is 3. The second-order valence-electron chi connectivity index (χ2n) is 4.89. The zero-order chi connectivity index (χ0) is 14.1. The Bertz CT molecular complexity index is 744. The quantitative estimate of drug-likeness (QED) is 0.771. The molecule has 0 saturated heterocycles. The van der Waals surface area contributed by atoms with E-state index in [2.05, 4.69) is 32.3 Å². The van der Waals surface area contributed by atoms with Crippen LogP contribution in [0.25, 0.3) is 22.5 Å². The van der Waals surface area contributed by atoms with E-state index in [9.17, 15) is 0 Å². The van der Waals surface area contributed by atoms with Gasteiger partial charge in [0.15, 0.2) is 0 Å². The summed E-state index contributed by atoms with van der Waals surface area (Å²) >= 11 is 0. The van der Waals surface area contributed by atoms with Gasteiger partial charge < -0.3 is 0 Å². The Balaban J connectivity index is 2.24. The molecule has 0 aliphatic heterocycles. The van der Waals surface area contributed by atoms with Crippen LogP contribution in [-0.2, 0) is 0 Å². The third-order valence-corrected chi connectivity index (χ3v) is 3.32. The van der Waals surface area contributed by atoms with Crippen LogP contribution in [0.5, 0.6) is 0 Å². The highest BCUT2D eigenvalue weighted by molar-refractivity contribution is 5.81. The van der Waals surface area contributed by atoms with Crippen LogP contribution in [0.4, 0.5) is 0 Å². The summed E-state index contributed by atoms with van der Waals surface area (Å²) in [6.45, 7) is 5.95. The molecule has 2 aromatic heterocycles. The van der Waals surface area contributed by atoms with Crippen LogP contribution < -0.4 is 0 Å². The molecular formula is C16H16N4. The Hall–Kier alpha value is -2.49. The van der Waals surface area contributed by atoms with E-state index >= 15 is 0 Å². The van der Waals surface area contributed by atoms with E-state index in [1.807, 2.05) is 45.2 Å². The van der Waals surface area contributed by atoms with Crippen LogP contribution in [0.2, 0.25) is 0 Å². The Morgan fingerprint density at radius 3 is 2.45 bits per heavy atom. The zero-order valence-electron chi connectivity index (χ0n) is 11.8. The summed E-state index contributed by atoms with van der Waals surface area (Å²) in [6, 6.07) is 10.1. The number of aromatic nitrogens is 4. The second kappa shape index (κ2) is 4.89. The molecule has 0 fully saturated rings. The third kappa shape index (κ3) is 2.09. The van der Waals surface area contributed by atoms with Crippen molar-refractivity contribution in [3.05, 3.63) is 53.6 Å². The molecule has 4 heteroatoms. The fourth-order valence-corrected chi connectivity index (χ4v) is 2.31. The maximum atomic E-state index is 4.59. The summed E-state index contributed by atoms with van der Waals surface area (Å²) < 4.78 is 0. The maximum Gasteiger partial charge on any atom is 0.125 e. The molecule has 100 valence electrons. The zero-order valence-corrected chi connectivity index (χ0v) is 11.8. The van der Waals surface area contributed by atoms with Crippen molar-refractivity contribution >= 4 is 0 Å². The van der Waals surface area contributed by atoms with Crippen molar-refractivity contribution in [1.29, 1.82) is 0 Å². The van der Waals surface area contributed by atoms with E-state index in [-0.39, 0.29) is 0 Å². The molecule has 0 saturated carbocycles. The lowest BCUT2D eigenvalue weighted by molar-refractivity contribution is 1.03. The SMILES string of the molecule is Cc1ncc(C)c(-c2c(-c3ccccc3)n[nH]c2C)n1.